The van der Waals surface area contributed by atoms with Crippen molar-refractivity contribution in [3.8, 4) is 0 Å². The summed E-state index contributed by atoms with van der Waals surface area (Å²) in [7, 11) is 1.22. The average Bonchev–Trinajstić information content (AvgIpc) is 2.18. The summed E-state index contributed by atoms with van der Waals surface area (Å²) in [5.74, 6) is 0. The van der Waals surface area contributed by atoms with Crippen LogP contribution < -0.4 is 0 Å². The van der Waals surface area contributed by atoms with Crippen LogP contribution in [0.1, 0.15) is 13.3 Å². The third-order valence-electron chi connectivity index (χ3n) is 1.43. The Kier molecular flexibility index (Phi) is 7.13. The molecule has 0 aliphatic rings. The van der Waals surface area contributed by atoms with Crippen LogP contribution in [0.5, 0.6) is 0 Å². The van der Waals surface area contributed by atoms with E-state index < -0.39 is 12.3 Å². The van der Waals surface area contributed by atoms with Gasteiger partial charge in [0, 0.05) is 6.42 Å². The van der Waals surface area contributed by atoms with Crippen molar-refractivity contribution in [1.29, 1.82) is 0 Å². The molecule has 0 heterocycles. The molecular weight excluding hydrogens is 204 g/mol. The highest BCUT2D eigenvalue weighted by atomic mass is 16.7. The Labute approximate surface area is 88.4 Å². The van der Waals surface area contributed by atoms with Gasteiger partial charge >= 0.3 is 12.3 Å². The quantitative estimate of drug-likeness (QED) is 0.653. The molecule has 0 rings (SSSR count). The van der Waals surface area contributed by atoms with Crippen molar-refractivity contribution in [1.82, 2.24) is 0 Å². The molecule has 0 fully saturated rings. The fourth-order valence-corrected chi connectivity index (χ4v) is 0.705. The zero-order valence-corrected chi connectivity index (χ0v) is 8.86. The van der Waals surface area contributed by atoms with Crippen LogP contribution in [0.15, 0.2) is 0 Å². The Morgan fingerprint density at radius 2 is 1.93 bits per heavy atom. The summed E-state index contributed by atoms with van der Waals surface area (Å²) in [5, 5.41) is 0. The third-order valence-corrected chi connectivity index (χ3v) is 1.43. The van der Waals surface area contributed by atoms with E-state index >= 15 is 0 Å². The molecule has 0 saturated heterocycles. The van der Waals surface area contributed by atoms with Crippen molar-refractivity contribution >= 4 is 12.3 Å². The van der Waals surface area contributed by atoms with E-state index in [4.69, 9.17) is 4.74 Å². The average molecular weight is 219 g/mol. The predicted octanol–water partition coefficient (Wildman–Crippen LogP) is 1.54. The van der Waals surface area contributed by atoms with Crippen LogP contribution in [0, 0.1) is 6.92 Å². The maximum atomic E-state index is 10.7. The second-order valence-electron chi connectivity index (χ2n) is 2.62. The Morgan fingerprint density at radius 3 is 2.47 bits per heavy atom. The minimum absolute atomic E-state index is 0.0209. The molecule has 0 saturated carbocycles. The zero-order chi connectivity index (χ0) is 11.7. The lowest BCUT2D eigenvalue weighted by Gasteiger charge is -2.11. The van der Waals surface area contributed by atoms with Gasteiger partial charge in [0.1, 0.15) is 6.10 Å². The van der Waals surface area contributed by atoms with Crippen LogP contribution in [0.4, 0.5) is 9.59 Å². The van der Waals surface area contributed by atoms with E-state index in [1.54, 1.807) is 6.92 Å². The van der Waals surface area contributed by atoms with Gasteiger partial charge in [0.2, 0.25) is 0 Å². The summed E-state index contributed by atoms with van der Waals surface area (Å²) < 4.78 is 18.1. The fraction of sp³-hybridized carbons (Fsp3) is 0.667. The third kappa shape index (κ3) is 7.60. The lowest BCUT2D eigenvalue weighted by molar-refractivity contribution is 0.0233. The molecule has 0 N–H and O–H groups in total. The molecule has 0 spiro atoms. The van der Waals surface area contributed by atoms with Crippen molar-refractivity contribution in [3.63, 3.8) is 0 Å². The Balaban J connectivity index is 3.50. The molecule has 1 atom stereocenters. The summed E-state index contributed by atoms with van der Waals surface area (Å²) in [4.78, 5) is 21.3. The van der Waals surface area contributed by atoms with Crippen molar-refractivity contribution < 1.29 is 28.5 Å². The Bertz CT molecular complexity index is 203. The molecule has 0 aromatic rings. The van der Waals surface area contributed by atoms with Gasteiger partial charge in [-0.3, -0.25) is 0 Å². The van der Waals surface area contributed by atoms with E-state index in [0.717, 1.165) is 0 Å². The molecular formula is C9H15O6. The summed E-state index contributed by atoms with van der Waals surface area (Å²) in [6.07, 6.45) is -1.55. The Hall–Kier alpha value is -1.46. The molecule has 0 aliphatic carbocycles. The number of ether oxygens (including phenoxy) is 4. The van der Waals surface area contributed by atoms with Crippen LogP contribution in [-0.2, 0) is 18.9 Å². The van der Waals surface area contributed by atoms with E-state index in [0.29, 0.717) is 6.42 Å². The number of hydrogen-bond acceptors (Lipinski definition) is 6. The molecule has 87 valence electrons. The molecule has 1 unspecified atom stereocenters. The zero-order valence-electron chi connectivity index (χ0n) is 8.86. The van der Waals surface area contributed by atoms with Gasteiger partial charge in [0.15, 0.2) is 0 Å². The fourth-order valence-electron chi connectivity index (χ4n) is 0.705. The van der Waals surface area contributed by atoms with Gasteiger partial charge in [-0.05, 0) is 13.8 Å². The molecule has 15 heavy (non-hydrogen) atoms. The number of carbonyl (C=O) groups excluding carboxylic acids is 2. The second kappa shape index (κ2) is 7.90. The minimum Gasteiger partial charge on any atom is -0.438 e. The summed E-state index contributed by atoms with van der Waals surface area (Å²) >= 11 is 0. The van der Waals surface area contributed by atoms with Crippen molar-refractivity contribution in [2.75, 3.05) is 20.3 Å². The summed E-state index contributed by atoms with van der Waals surface area (Å²) in [5.41, 5.74) is 0. The van der Waals surface area contributed by atoms with Gasteiger partial charge < -0.3 is 18.9 Å². The summed E-state index contributed by atoms with van der Waals surface area (Å²) in [6.45, 7) is 5.10. The number of hydrogen-bond donors (Lipinski definition) is 0. The van der Waals surface area contributed by atoms with Crippen LogP contribution in [0.25, 0.3) is 0 Å². The molecule has 0 aliphatic heterocycles. The standard InChI is InChI=1S/C9H15O6/c1-4-13-9(11)14-6-5-7(2)15-8(10)12-3/h7H,1,4-6H2,2-3H3. The first-order valence-electron chi connectivity index (χ1n) is 4.43. The van der Waals surface area contributed by atoms with E-state index in [2.05, 4.69) is 21.1 Å². The maximum Gasteiger partial charge on any atom is 0.508 e. The predicted molar refractivity (Wildman–Crippen MR) is 50.2 cm³/mol. The molecule has 0 amide bonds. The SMILES string of the molecule is [CH2]COC(=O)OCCC(C)OC(=O)OC. The second-order valence-corrected chi connectivity index (χ2v) is 2.62. The molecule has 6 nitrogen and oxygen atoms in total. The number of methoxy groups -OCH3 is 1. The van der Waals surface area contributed by atoms with Crippen molar-refractivity contribution in [2.24, 2.45) is 0 Å². The van der Waals surface area contributed by atoms with Gasteiger partial charge in [-0.2, -0.15) is 0 Å². The van der Waals surface area contributed by atoms with E-state index in [-0.39, 0.29) is 19.3 Å². The van der Waals surface area contributed by atoms with E-state index in [1.807, 2.05) is 0 Å². The monoisotopic (exact) mass is 219 g/mol. The van der Waals surface area contributed by atoms with Gasteiger partial charge in [0.05, 0.1) is 20.3 Å². The van der Waals surface area contributed by atoms with E-state index in [9.17, 15) is 9.59 Å². The van der Waals surface area contributed by atoms with Crippen LogP contribution in [0.3, 0.4) is 0 Å². The first-order chi connectivity index (χ1) is 7.10. The highest BCUT2D eigenvalue weighted by Gasteiger charge is 2.10. The minimum atomic E-state index is -0.782. The molecule has 1 radical (unpaired) electrons. The molecule has 6 heteroatoms. The van der Waals surface area contributed by atoms with Gasteiger partial charge in [-0.25, -0.2) is 9.59 Å². The summed E-state index contributed by atoms with van der Waals surface area (Å²) in [6, 6.07) is 0. The number of rotatable bonds is 5. The van der Waals surface area contributed by atoms with Crippen molar-refractivity contribution in [3.05, 3.63) is 6.92 Å². The molecule has 0 aromatic carbocycles. The Morgan fingerprint density at radius 1 is 1.27 bits per heavy atom. The molecule has 0 aromatic heterocycles. The van der Waals surface area contributed by atoms with Crippen molar-refractivity contribution in [2.45, 2.75) is 19.4 Å². The van der Waals surface area contributed by atoms with E-state index in [1.165, 1.54) is 7.11 Å². The first kappa shape index (κ1) is 13.5. The molecule has 0 bridgehead atoms. The lowest BCUT2D eigenvalue weighted by atomic mass is 10.3. The highest BCUT2D eigenvalue weighted by molar-refractivity contribution is 5.60. The topological polar surface area (TPSA) is 71.1 Å². The first-order valence-corrected chi connectivity index (χ1v) is 4.43. The largest absolute Gasteiger partial charge is 0.508 e. The van der Waals surface area contributed by atoms with Crippen LogP contribution >= 0.6 is 0 Å². The van der Waals surface area contributed by atoms with Gasteiger partial charge in [0.25, 0.3) is 0 Å². The normalized spacial score (nSPS) is 11.4. The maximum absolute atomic E-state index is 10.7. The highest BCUT2D eigenvalue weighted by Crippen LogP contribution is 2.00. The van der Waals surface area contributed by atoms with Crippen LogP contribution in [-0.4, -0.2) is 38.7 Å². The lowest BCUT2D eigenvalue weighted by Crippen LogP contribution is -2.18. The van der Waals surface area contributed by atoms with Gasteiger partial charge in [-0.15, -0.1) is 0 Å². The smallest absolute Gasteiger partial charge is 0.438 e. The number of carbonyl (C=O) groups is 2. The van der Waals surface area contributed by atoms with Gasteiger partial charge in [-0.1, -0.05) is 0 Å². The van der Waals surface area contributed by atoms with Crippen LogP contribution in [0.2, 0.25) is 0 Å².